The second-order valence-corrected chi connectivity index (χ2v) is 4.73. The molecule has 1 N–H and O–H groups in total. The zero-order valence-corrected chi connectivity index (χ0v) is 12.0. The summed E-state index contributed by atoms with van der Waals surface area (Å²) in [4.78, 5) is 16.1. The molecule has 0 unspecified atom stereocenters. The topological polar surface area (TPSA) is 68.6 Å². The summed E-state index contributed by atoms with van der Waals surface area (Å²) in [6.07, 6.45) is 2.10. The number of morpholine rings is 1. The average Bonchev–Trinajstić information content (AvgIpc) is 2.49. The number of nitriles is 1. The minimum absolute atomic E-state index is 0.0233. The van der Waals surface area contributed by atoms with Gasteiger partial charge >= 0.3 is 0 Å². The minimum Gasteiger partial charge on any atom is -0.379 e. The summed E-state index contributed by atoms with van der Waals surface area (Å²) in [5.74, 6) is -0.0233. The third-order valence-corrected chi connectivity index (χ3v) is 3.19. The molecule has 112 valence electrons. The van der Waals surface area contributed by atoms with E-state index in [4.69, 9.17) is 10.00 Å². The molecule has 0 spiro atoms. The highest BCUT2D eigenvalue weighted by Crippen LogP contribution is 1.98. The average molecular weight is 280 g/mol. The fraction of sp³-hybridized carbons (Fsp3) is 0.714. The summed E-state index contributed by atoms with van der Waals surface area (Å²) < 4.78 is 5.31. The Morgan fingerprint density at radius 1 is 1.45 bits per heavy atom. The maximum Gasteiger partial charge on any atom is 0.234 e. The second kappa shape index (κ2) is 10.4. The number of hydrogen-bond acceptors (Lipinski definition) is 5. The number of nitrogens with zero attached hydrogens (tertiary/aromatic N) is 3. The highest BCUT2D eigenvalue weighted by molar-refractivity contribution is 5.78. The van der Waals surface area contributed by atoms with Gasteiger partial charge in [0.25, 0.3) is 0 Å². The van der Waals surface area contributed by atoms with Crippen LogP contribution in [0.3, 0.4) is 0 Å². The third kappa shape index (κ3) is 7.24. The lowest BCUT2D eigenvalue weighted by Gasteiger charge is -2.29. The van der Waals surface area contributed by atoms with E-state index < -0.39 is 0 Å². The van der Waals surface area contributed by atoms with E-state index in [9.17, 15) is 4.79 Å². The monoisotopic (exact) mass is 280 g/mol. The Hall–Kier alpha value is -1.42. The molecule has 0 aliphatic carbocycles. The van der Waals surface area contributed by atoms with Gasteiger partial charge in [-0.3, -0.25) is 14.6 Å². The van der Waals surface area contributed by atoms with E-state index in [0.29, 0.717) is 26.1 Å². The standard InChI is InChI=1S/C14H24N4O2/c1-2-5-16-14(19)13-18(6-3-4-15)8-7-17-9-11-20-12-10-17/h2H,1,3,5-13H2,(H,16,19). The lowest BCUT2D eigenvalue weighted by molar-refractivity contribution is -0.122. The van der Waals surface area contributed by atoms with Crippen molar-refractivity contribution in [3.05, 3.63) is 12.7 Å². The Labute approximate surface area is 121 Å². The van der Waals surface area contributed by atoms with Gasteiger partial charge in [-0.05, 0) is 0 Å². The van der Waals surface area contributed by atoms with Gasteiger partial charge in [-0.15, -0.1) is 6.58 Å². The largest absolute Gasteiger partial charge is 0.379 e. The van der Waals surface area contributed by atoms with Crippen molar-refractivity contribution in [2.45, 2.75) is 6.42 Å². The molecule has 0 aromatic carbocycles. The Bertz CT molecular complexity index is 335. The number of ether oxygens (including phenoxy) is 1. The summed E-state index contributed by atoms with van der Waals surface area (Å²) in [6.45, 7) is 10.1. The molecule has 0 aromatic heterocycles. The highest BCUT2D eigenvalue weighted by Gasteiger charge is 2.14. The van der Waals surface area contributed by atoms with Crippen molar-refractivity contribution in [1.82, 2.24) is 15.1 Å². The normalized spacial score (nSPS) is 15.8. The van der Waals surface area contributed by atoms with Gasteiger partial charge in [-0.1, -0.05) is 6.08 Å². The van der Waals surface area contributed by atoms with Crippen LogP contribution in [0.2, 0.25) is 0 Å². The van der Waals surface area contributed by atoms with Gasteiger partial charge in [-0.25, -0.2) is 0 Å². The quantitative estimate of drug-likeness (QED) is 0.594. The van der Waals surface area contributed by atoms with Crippen LogP contribution in [-0.2, 0) is 9.53 Å². The smallest absolute Gasteiger partial charge is 0.234 e. The predicted molar refractivity (Wildman–Crippen MR) is 77.1 cm³/mol. The zero-order chi connectivity index (χ0) is 14.6. The molecular weight excluding hydrogens is 256 g/mol. The number of carbonyl (C=O) groups excluding carboxylic acids is 1. The van der Waals surface area contributed by atoms with Gasteiger partial charge < -0.3 is 10.1 Å². The lowest BCUT2D eigenvalue weighted by atomic mass is 10.3. The van der Waals surface area contributed by atoms with Crippen LogP contribution in [0.15, 0.2) is 12.7 Å². The number of amides is 1. The zero-order valence-electron chi connectivity index (χ0n) is 12.0. The fourth-order valence-electron chi connectivity index (χ4n) is 2.03. The fourth-order valence-corrected chi connectivity index (χ4v) is 2.03. The van der Waals surface area contributed by atoms with Crippen molar-refractivity contribution in [3.63, 3.8) is 0 Å². The molecule has 1 aliphatic heterocycles. The van der Waals surface area contributed by atoms with Crippen molar-refractivity contribution in [1.29, 1.82) is 5.26 Å². The molecule has 0 saturated carbocycles. The highest BCUT2D eigenvalue weighted by atomic mass is 16.5. The van der Waals surface area contributed by atoms with Crippen LogP contribution >= 0.6 is 0 Å². The van der Waals surface area contributed by atoms with E-state index in [-0.39, 0.29) is 5.91 Å². The van der Waals surface area contributed by atoms with Crippen LogP contribution in [0, 0.1) is 11.3 Å². The molecule has 20 heavy (non-hydrogen) atoms. The van der Waals surface area contributed by atoms with Gasteiger partial charge in [0.1, 0.15) is 0 Å². The van der Waals surface area contributed by atoms with Crippen LogP contribution in [0.25, 0.3) is 0 Å². The number of hydrogen-bond donors (Lipinski definition) is 1. The third-order valence-electron chi connectivity index (χ3n) is 3.19. The van der Waals surface area contributed by atoms with E-state index in [1.165, 1.54) is 0 Å². The Kier molecular flexibility index (Phi) is 8.63. The maximum absolute atomic E-state index is 11.7. The van der Waals surface area contributed by atoms with Crippen molar-refractivity contribution in [3.8, 4) is 6.07 Å². The number of carbonyl (C=O) groups is 1. The Balaban J connectivity index is 2.31. The second-order valence-electron chi connectivity index (χ2n) is 4.73. The van der Waals surface area contributed by atoms with Crippen LogP contribution in [-0.4, -0.2) is 74.7 Å². The molecular formula is C14H24N4O2. The van der Waals surface area contributed by atoms with Crippen molar-refractivity contribution < 1.29 is 9.53 Å². The molecule has 1 heterocycles. The Morgan fingerprint density at radius 3 is 2.85 bits per heavy atom. The van der Waals surface area contributed by atoms with Gasteiger partial charge in [0, 0.05) is 45.7 Å². The molecule has 6 nitrogen and oxygen atoms in total. The van der Waals surface area contributed by atoms with Crippen LogP contribution in [0.4, 0.5) is 0 Å². The molecule has 0 aromatic rings. The lowest BCUT2D eigenvalue weighted by Crippen LogP contribution is -2.44. The van der Waals surface area contributed by atoms with E-state index in [1.807, 2.05) is 4.90 Å². The summed E-state index contributed by atoms with van der Waals surface area (Å²) in [5.41, 5.74) is 0. The molecule has 6 heteroatoms. The predicted octanol–water partition coefficient (Wildman–Crippen LogP) is -0.164. The first-order chi connectivity index (χ1) is 9.76. The summed E-state index contributed by atoms with van der Waals surface area (Å²) in [5, 5.41) is 11.5. The first-order valence-electron chi connectivity index (χ1n) is 7.03. The number of rotatable bonds is 9. The van der Waals surface area contributed by atoms with Crippen molar-refractivity contribution >= 4 is 5.91 Å². The first-order valence-corrected chi connectivity index (χ1v) is 7.03. The van der Waals surface area contributed by atoms with Gasteiger partial charge in [0.05, 0.1) is 25.8 Å². The minimum atomic E-state index is -0.0233. The summed E-state index contributed by atoms with van der Waals surface area (Å²) in [6, 6.07) is 2.13. The van der Waals surface area contributed by atoms with Gasteiger partial charge in [0.15, 0.2) is 0 Å². The van der Waals surface area contributed by atoms with Crippen LogP contribution in [0.5, 0.6) is 0 Å². The molecule has 1 amide bonds. The molecule has 0 radical (unpaired) electrons. The maximum atomic E-state index is 11.7. The first kappa shape index (κ1) is 16.6. The van der Waals surface area contributed by atoms with E-state index in [0.717, 1.165) is 39.4 Å². The molecule has 0 bridgehead atoms. The van der Waals surface area contributed by atoms with Crippen molar-refractivity contribution in [2.24, 2.45) is 0 Å². The van der Waals surface area contributed by atoms with Crippen LogP contribution < -0.4 is 5.32 Å². The number of nitrogens with one attached hydrogen (secondary N) is 1. The van der Waals surface area contributed by atoms with Gasteiger partial charge in [-0.2, -0.15) is 5.26 Å². The van der Waals surface area contributed by atoms with E-state index in [2.05, 4.69) is 22.9 Å². The van der Waals surface area contributed by atoms with Gasteiger partial charge in [0.2, 0.25) is 5.91 Å². The Morgan fingerprint density at radius 2 is 2.20 bits per heavy atom. The summed E-state index contributed by atoms with van der Waals surface area (Å²) >= 11 is 0. The molecule has 0 atom stereocenters. The molecule has 1 fully saturated rings. The molecule has 1 aliphatic rings. The van der Waals surface area contributed by atoms with Crippen LogP contribution in [0.1, 0.15) is 6.42 Å². The van der Waals surface area contributed by atoms with E-state index >= 15 is 0 Å². The summed E-state index contributed by atoms with van der Waals surface area (Å²) in [7, 11) is 0. The molecule has 1 rings (SSSR count). The van der Waals surface area contributed by atoms with E-state index in [1.54, 1.807) is 6.08 Å². The van der Waals surface area contributed by atoms with Crippen molar-refractivity contribution in [2.75, 3.05) is 59.0 Å². The SMILES string of the molecule is C=CCNC(=O)CN(CCC#N)CCN1CCOCC1. The molecule has 1 saturated heterocycles.